The number of aldehydes is 1. The number of hydrogen-bond donors (Lipinski definition) is 0. The first-order chi connectivity index (χ1) is 7.81. The van der Waals surface area contributed by atoms with Crippen LogP contribution >= 0.6 is 23.4 Å². The molecule has 1 aromatic carbocycles. The zero-order chi connectivity index (χ0) is 11.4. The van der Waals surface area contributed by atoms with Crippen LogP contribution in [0.4, 0.5) is 0 Å². The van der Waals surface area contributed by atoms with Gasteiger partial charge in [-0.3, -0.25) is 4.79 Å². The molecule has 0 amide bonds. The highest BCUT2D eigenvalue weighted by Crippen LogP contribution is 2.32. The van der Waals surface area contributed by atoms with E-state index in [1.807, 2.05) is 12.1 Å². The smallest absolute Gasteiger partial charge is 0.151 e. The molecule has 82 valence electrons. The van der Waals surface area contributed by atoms with Crippen molar-refractivity contribution in [1.29, 1.82) is 0 Å². The highest BCUT2D eigenvalue weighted by atomic mass is 35.5. The molecule has 1 heterocycles. The molecule has 0 aliphatic heterocycles. The lowest BCUT2D eigenvalue weighted by Gasteiger charge is -2.05. The van der Waals surface area contributed by atoms with Gasteiger partial charge in [-0.15, -0.1) is 11.8 Å². The Morgan fingerprint density at radius 1 is 1.31 bits per heavy atom. The predicted octanol–water partition coefficient (Wildman–Crippen LogP) is 4.04. The van der Waals surface area contributed by atoms with Crippen molar-refractivity contribution in [1.82, 2.24) is 0 Å². The number of thioether (sulfide) groups is 1. The van der Waals surface area contributed by atoms with Crippen LogP contribution in [0.15, 0.2) is 45.9 Å². The van der Waals surface area contributed by atoms with Crippen LogP contribution < -0.4 is 0 Å². The second-order valence-corrected chi connectivity index (χ2v) is 4.54. The minimum Gasteiger partial charge on any atom is -0.468 e. The number of furan rings is 1. The van der Waals surface area contributed by atoms with Crippen LogP contribution in [0, 0.1) is 0 Å². The minimum atomic E-state index is 0.598. The van der Waals surface area contributed by atoms with E-state index in [2.05, 4.69) is 0 Å². The minimum absolute atomic E-state index is 0.598. The van der Waals surface area contributed by atoms with Crippen LogP contribution in [-0.4, -0.2) is 6.29 Å². The van der Waals surface area contributed by atoms with Gasteiger partial charge in [0.15, 0.2) is 6.29 Å². The fraction of sp³-hybridized carbons (Fsp3) is 0.0833. The summed E-state index contributed by atoms with van der Waals surface area (Å²) in [5.41, 5.74) is 0.615. The van der Waals surface area contributed by atoms with Crippen molar-refractivity contribution in [3.8, 4) is 0 Å². The molecule has 2 aromatic rings. The van der Waals surface area contributed by atoms with Gasteiger partial charge in [-0.05, 0) is 18.2 Å². The van der Waals surface area contributed by atoms with Crippen molar-refractivity contribution < 1.29 is 9.21 Å². The molecule has 0 unspecified atom stereocenters. The lowest BCUT2D eigenvalue weighted by Crippen LogP contribution is -1.86. The van der Waals surface area contributed by atoms with Gasteiger partial charge in [0.25, 0.3) is 0 Å². The summed E-state index contributed by atoms with van der Waals surface area (Å²) in [6, 6.07) is 9.03. The first kappa shape index (κ1) is 11.3. The van der Waals surface area contributed by atoms with Crippen molar-refractivity contribution in [2.45, 2.75) is 10.6 Å². The SMILES string of the molecule is O=Cc1cccc(Cl)c1SCc1ccco1. The van der Waals surface area contributed by atoms with Gasteiger partial charge in [-0.1, -0.05) is 23.7 Å². The van der Waals surface area contributed by atoms with E-state index in [-0.39, 0.29) is 0 Å². The third-order valence-electron chi connectivity index (χ3n) is 2.06. The number of rotatable bonds is 4. The van der Waals surface area contributed by atoms with E-state index in [4.69, 9.17) is 16.0 Å². The number of carbonyl (C=O) groups excluding carboxylic acids is 1. The van der Waals surface area contributed by atoms with Crippen LogP contribution in [0.25, 0.3) is 0 Å². The average molecular weight is 253 g/mol. The van der Waals surface area contributed by atoms with Gasteiger partial charge in [0.2, 0.25) is 0 Å². The van der Waals surface area contributed by atoms with Crippen LogP contribution in [-0.2, 0) is 5.75 Å². The summed E-state index contributed by atoms with van der Waals surface area (Å²) in [4.78, 5) is 11.6. The highest BCUT2D eigenvalue weighted by molar-refractivity contribution is 7.98. The molecule has 0 saturated heterocycles. The zero-order valence-electron chi connectivity index (χ0n) is 8.35. The molecule has 0 saturated carbocycles. The molecule has 0 atom stereocenters. The molecule has 2 rings (SSSR count). The standard InChI is InChI=1S/C12H9ClO2S/c13-11-5-1-3-9(7-14)12(11)16-8-10-4-2-6-15-10/h1-7H,8H2. The van der Waals surface area contributed by atoms with Crippen molar-refractivity contribution in [3.63, 3.8) is 0 Å². The van der Waals surface area contributed by atoms with E-state index in [0.29, 0.717) is 16.3 Å². The molecule has 16 heavy (non-hydrogen) atoms. The number of benzene rings is 1. The Kier molecular flexibility index (Phi) is 3.70. The molecule has 4 heteroatoms. The quantitative estimate of drug-likeness (QED) is 0.608. The van der Waals surface area contributed by atoms with E-state index in [0.717, 1.165) is 16.9 Å². The molecule has 0 bridgehead atoms. The maximum Gasteiger partial charge on any atom is 0.151 e. The number of hydrogen-bond acceptors (Lipinski definition) is 3. The number of halogens is 1. The Labute approximate surface area is 103 Å². The molecular weight excluding hydrogens is 244 g/mol. The maximum atomic E-state index is 10.8. The number of carbonyl (C=O) groups is 1. The lowest BCUT2D eigenvalue weighted by molar-refractivity contribution is 0.112. The average Bonchev–Trinajstić information content (AvgIpc) is 2.80. The summed E-state index contributed by atoms with van der Waals surface area (Å²) in [5.74, 6) is 1.53. The van der Waals surface area contributed by atoms with E-state index in [1.54, 1.807) is 24.5 Å². The van der Waals surface area contributed by atoms with Gasteiger partial charge in [-0.25, -0.2) is 0 Å². The topological polar surface area (TPSA) is 30.2 Å². The fourth-order valence-corrected chi connectivity index (χ4v) is 2.59. The first-order valence-electron chi connectivity index (χ1n) is 4.70. The van der Waals surface area contributed by atoms with E-state index >= 15 is 0 Å². The molecule has 0 aliphatic rings. The Morgan fingerprint density at radius 2 is 2.19 bits per heavy atom. The molecule has 0 N–H and O–H groups in total. The largest absolute Gasteiger partial charge is 0.468 e. The Balaban J connectivity index is 2.17. The fourth-order valence-electron chi connectivity index (χ4n) is 1.31. The second-order valence-electron chi connectivity index (χ2n) is 3.14. The van der Waals surface area contributed by atoms with Gasteiger partial charge in [0.1, 0.15) is 5.76 Å². The van der Waals surface area contributed by atoms with Crippen LogP contribution in [0.3, 0.4) is 0 Å². The molecule has 0 fully saturated rings. The monoisotopic (exact) mass is 252 g/mol. The van der Waals surface area contributed by atoms with Crippen LogP contribution in [0.2, 0.25) is 5.02 Å². The van der Waals surface area contributed by atoms with Crippen molar-refractivity contribution >= 4 is 29.6 Å². The predicted molar refractivity (Wildman–Crippen MR) is 65.1 cm³/mol. The Bertz CT molecular complexity index is 480. The highest BCUT2D eigenvalue weighted by Gasteiger charge is 2.08. The Hall–Kier alpha value is -1.19. The van der Waals surface area contributed by atoms with Gasteiger partial charge < -0.3 is 4.42 Å². The lowest BCUT2D eigenvalue weighted by atomic mass is 10.2. The van der Waals surface area contributed by atoms with E-state index in [9.17, 15) is 4.79 Å². The molecule has 0 radical (unpaired) electrons. The van der Waals surface area contributed by atoms with Gasteiger partial charge in [0, 0.05) is 10.5 Å². The molecule has 2 nitrogen and oxygen atoms in total. The molecular formula is C12H9ClO2S. The summed E-state index contributed by atoms with van der Waals surface area (Å²) in [5, 5.41) is 0.598. The molecule has 0 aliphatic carbocycles. The van der Waals surface area contributed by atoms with Crippen molar-refractivity contribution in [3.05, 3.63) is 52.9 Å². The first-order valence-corrected chi connectivity index (χ1v) is 6.06. The third-order valence-corrected chi connectivity index (χ3v) is 3.66. The summed E-state index contributed by atoms with van der Waals surface area (Å²) in [6.45, 7) is 0. The summed E-state index contributed by atoms with van der Waals surface area (Å²) >= 11 is 7.54. The second kappa shape index (κ2) is 5.23. The van der Waals surface area contributed by atoms with Crippen molar-refractivity contribution in [2.75, 3.05) is 0 Å². The van der Waals surface area contributed by atoms with Crippen LogP contribution in [0.5, 0.6) is 0 Å². The third kappa shape index (κ3) is 2.49. The van der Waals surface area contributed by atoms with Crippen molar-refractivity contribution in [2.24, 2.45) is 0 Å². The van der Waals surface area contributed by atoms with E-state index < -0.39 is 0 Å². The normalized spacial score (nSPS) is 10.3. The summed E-state index contributed by atoms with van der Waals surface area (Å²) < 4.78 is 5.22. The maximum absolute atomic E-state index is 10.8. The van der Waals surface area contributed by atoms with Gasteiger partial charge in [0.05, 0.1) is 17.0 Å². The zero-order valence-corrected chi connectivity index (χ0v) is 9.92. The summed E-state index contributed by atoms with van der Waals surface area (Å²) in [7, 11) is 0. The van der Waals surface area contributed by atoms with Gasteiger partial charge >= 0.3 is 0 Å². The van der Waals surface area contributed by atoms with Crippen LogP contribution in [0.1, 0.15) is 16.1 Å². The molecule has 0 spiro atoms. The molecule has 1 aromatic heterocycles. The van der Waals surface area contributed by atoms with E-state index in [1.165, 1.54) is 11.8 Å². The summed E-state index contributed by atoms with van der Waals surface area (Å²) in [6.07, 6.45) is 2.44. The Morgan fingerprint density at radius 3 is 2.88 bits per heavy atom. The van der Waals surface area contributed by atoms with Gasteiger partial charge in [-0.2, -0.15) is 0 Å².